The number of unbranched alkanes of at least 4 members (excludes halogenated alkanes) is 6. The summed E-state index contributed by atoms with van der Waals surface area (Å²) in [6.45, 7) is 31.3. The molecule has 0 aliphatic rings. The molecule has 88 heavy (non-hydrogen) atoms. The molecule has 486 valence electrons. The summed E-state index contributed by atoms with van der Waals surface area (Å²) in [6.07, 6.45) is 19.0. The number of ether oxygens (including phenoxy) is 3. The number of hydrogen-bond acceptors (Lipinski definition) is 14. The lowest BCUT2D eigenvalue weighted by Gasteiger charge is -2.21. The van der Waals surface area contributed by atoms with E-state index in [1.807, 2.05) is 57.2 Å². The Hall–Kier alpha value is -6.97. The van der Waals surface area contributed by atoms with Gasteiger partial charge in [-0.3, -0.25) is 19.2 Å². The van der Waals surface area contributed by atoms with Crippen molar-refractivity contribution in [3.63, 3.8) is 0 Å². The molecule has 0 aliphatic heterocycles. The number of fused-ring (bicyclic) bond motifs is 1. The Bertz CT molecular complexity index is 2770. The van der Waals surface area contributed by atoms with Crippen molar-refractivity contribution in [3.8, 4) is 5.75 Å². The fraction of sp³-hybridized carbons (Fsp3) is 0.548. The first-order chi connectivity index (χ1) is 42.4. The Balaban J connectivity index is 0.000000468. The Labute approximate surface area is 527 Å². The zero-order chi connectivity index (χ0) is 65.1. The minimum atomic E-state index is -0.395. The lowest BCUT2D eigenvalue weighted by atomic mass is 9.96. The summed E-state index contributed by atoms with van der Waals surface area (Å²) in [5, 5.41) is 11.3. The molecular formula is C73H107N3O12. The number of nitrogens with zero attached hydrogens (tertiary/aromatic N) is 3. The first kappa shape index (κ1) is 77.1. The zero-order valence-electron chi connectivity index (χ0n) is 55.6. The van der Waals surface area contributed by atoms with Gasteiger partial charge in [-0.1, -0.05) is 129 Å². The molecule has 1 heterocycles. The summed E-state index contributed by atoms with van der Waals surface area (Å²) < 4.78 is 21.7. The van der Waals surface area contributed by atoms with E-state index in [0.29, 0.717) is 75.6 Å². The molecule has 0 radical (unpaired) electrons. The number of aryl methyl sites for hydroxylation is 3. The quantitative estimate of drug-likeness (QED) is 0.00746. The average molecular weight is 1220 g/mol. The minimum Gasteiger partial charge on any atom is -0.483 e. The van der Waals surface area contributed by atoms with Crippen LogP contribution in [0, 0.1) is 0 Å². The van der Waals surface area contributed by atoms with E-state index in [2.05, 4.69) is 68.6 Å². The van der Waals surface area contributed by atoms with Crippen molar-refractivity contribution in [1.29, 1.82) is 0 Å². The van der Waals surface area contributed by atoms with Gasteiger partial charge in [-0.15, -0.1) is 0 Å². The van der Waals surface area contributed by atoms with E-state index in [1.54, 1.807) is 63.2 Å². The van der Waals surface area contributed by atoms with E-state index in [0.717, 1.165) is 64.5 Å². The Kier molecular flexibility index (Phi) is 40.5. The number of oxime groups is 1. The van der Waals surface area contributed by atoms with Gasteiger partial charge in [0.05, 0.1) is 41.9 Å². The molecule has 0 amide bonds. The Morgan fingerprint density at radius 1 is 0.545 bits per heavy atom. The summed E-state index contributed by atoms with van der Waals surface area (Å²) in [7, 11) is 0. The standard InChI is InChI=1S/C34H47NO4.C24H39NO2.C14H19NO4.CH2O2/c1-6-9-14-31-32(29-24-28(19-20-30(29)39-31)34(37)38-25(4)5)33(36)27-17-15-26(16-18-27)13-12-23-35(21-10-7-2)22-11-8-3;1-4-7-12-23(26)20-24(27)22-15-13-21(14-16-22)11-10-19-25(17-8-5-2)18-9-6-3;1-5-17-11(4)15-19-13-8-6-12(7-9-13)14(16)18-10(2)3;2-1-3/h15-20,24-25H,6-14,21-23H2,1-5H3;13-16H,4-12,17-20H2,1-3H3;6-10H,5H2,1-4H3;1H,(H,2,3)/b;;15-11-;. The van der Waals surface area contributed by atoms with Crippen molar-refractivity contribution in [1.82, 2.24) is 9.80 Å². The molecular weight excluding hydrogens is 1110 g/mol. The van der Waals surface area contributed by atoms with E-state index in [9.17, 15) is 24.0 Å². The second-order valence-corrected chi connectivity index (χ2v) is 22.7. The first-order valence-corrected chi connectivity index (χ1v) is 32.6. The van der Waals surface area contributed by atoms with Crippen LogP contribution in [-0.4, -0.2) is 115 Å². The fourth-order valence-electron chi connectivity index (χ4n) is 9.39. The predicted octanol–water partition coefficient (Wildman–Crippen LogP) is 17.0. The maximum absolute atomic E-state index is 13.8. The number of carbonyl (C=O) groups excluding carboxylic acids is 5. The Morgan fingerprint density at radius 3 is 1.43 bits per heavy atom. The van der Waals surface area contributed by atoms with Gasteiger partial charge in [0.25, 0.3) is 6.47 Å². The number of Topliss-reactive ketones (excluding diaryl/α,β-unsaturated/α-hetero) is 2. The first-order valence-electron chi connectivity index (χ1n) is 32.6. The van der Waals surface area contributed by atoms with Crippen molar-refractivity contribution in [2.24, 2.45) is 5.16 Å². The number of carbonyl (C=O) groups is 6. The number of esters is 2. The van der Waals surface area contributed by atoms with Crippen molar-refractivity contribution >= 4 is 52.6 Å². The second-order valence-electron chi connectivity index (χ2n) is 22.7. The van der Waals surface area contributed by atoms with Crippen LogP contribution in [0.4, 0.5) is 0 Å². The third-order valence-electron chi connectivity index (χ3n) is 14.2. The largest absolute Gasteiger partial charge is 0.483 e. The smallest absolute Gasteiger partial charge is 0.338 e. The highest BCUT2D eigenvalue weighted by Crippen LogP contribution is 2.31. The highest BCUT2D eigenvalue weighted by Gasteiger charge is 2.24. The van der Waals surface area contributed by atoms with Crippen molar-refractivity contribution in [2.75, 3.05) is 45.9 Å². The van der Waals surface area contributed by atoms with Gasteiger partial charge in [-0.05, 0) is 197 Å². The predicted molar refractivity (Wildman–Crippen MR) is 355 cm³/mol. The summed E-state index contributed by atoms with van der Waals surface area (Å²) in [6, 6.07) is 27.7. The lowest BCUT2D eigenvalue weighted by molar-refractivity contribution is -0.123. The van der Waals surface area contributed by atoms with E-state index < -0.39 is 5.97 Å². The van der Waals surface area contributed by atoms with Gasteiger partial charge in [-0.2, -0.15) is 0 Å². The average Bonchev–Trinajstić information content (AvgIpc) is 2.59. The van der Waals surface area contributed by atoms with Gasteiger partial charge in [0.2, 0.25) is 5.90 Å². The maximum atomic E-state index is 13.8. The van der Waals surface area contributed by atoms with E-state index >= 15 is 0 Å². The second kappa shape index (κ2) is 46.2. The number of carboxylic acid groups (broad SMARTS) is 1. The van der Waals surface area contributed by atoms with Crippen molar-refractivity contribution < 1.29 is 57.3 Å². The van der Waals surface area contributed by atoms with Gasteiger partial charge >= 0.3 is 11.9 Å². The third kappa shape index (κ3) is 31.3. The van der Waals surface area contributed by atoms with Crippen LogP contribution < -0.4 is 4.84 Å². The van der Waals surface area contributed by atoms with Gasteiger partial charge in [0.1, 0.15) is 17.1 Å². The molecule has 0 spiro atoms. The summed E-state index contributed by atoms with van der Waals surface area (Å²) in [4.78, 5) is 80.6. The molecule has 5 rings (SSSR count). The third-order valence-corrected chi connectivity index (χ3v) is 14.2. The molecule has 0 atom stereocenters. The highest BCUT2D eigenvalue weighted by molar-refractivity contribution is 6.17. The number of benzene rings is 4. The molecule has 1 aromatic heterocycles. The van der Waals surface area contributed by atoms with Crippen LogP contribution in [0.5, 0.6) is 5.75 Å². The molecule has 0 saturated carbocycles. The normalized spacial score (nSPS) is 11.1. The number of furan rings is 1. The molecule has 0 unspecified atom stereocenters. The molecule has 0 fully saturated rings. The summed E-state index contributed by atoms with van der Waals surface area (Å²) in [5.74, 6) is 0.870. The lowest BCUT2D eigenvalue weighted by Crippen LogP contribution is -2.27. The number of hydrogen-bond donors (Lipinski definition) is 1. The fourth-order valence-corrected chi connectivity index (χ4v) is 9.39. The molecule has 0 saturated heterocycles. The van der Waals surface area contributed by atoms with Crippen LogP contribution in [0.3, 0.4) is 0 Å². The van der Waals surface area contributed by atoms with Gasteiger partial charge in [0.15, 0.2) is 17.3 Å². The molecule has 4 aromatic carbocycles. The highest BCUT2D eigenvalue weighted by atomic mass is 16.6. The number of rotatable bonds is 38. The summed E-state index contributed by atoms with van der Waals surface area (Å²) >= 11 is 0. The van der Waals surface area contributed by atoms with Crippen LogP contribution in [0.2, 0.25) is 0 Å². The van der Waals surface area contributed by atoms with Crippen molar-refractivity contribution in [2.45, 2.75) is 217 Å². The SMILES string of the molecule is CCCCC(=O)CC(=O)c1ccc(CCCN(CCCC)CCCC)cc1.CCCCc1oc2ccc(C(=O)OC(C)C)cc2c1C(=O)c1ccc(CCCN(CCCC)CCCC)cc1.CCO/C(C)=N\Oc1ccc(C(=O)OC(C)C)cc1.O=CO. The Morgan fingerprint density at radius 2 is 0.977 bits per heavy atom. The number of ketones is 3. The van der Waals surface area contributed by atoms with Gasteiger partial charge < -0.3 is 38.4 Å². The van der Waals surface area contributed by atoms with Gasteiger partial charge in [-0.25, -0.2) is 9.59 Å². The molecule has 5 aromatic rings. The van der Waals surface area contributed by atoms with Crippen LogP contribution >= 0.6 is 0 Å². The maximum Gasteiger partial charge on any atom is 0.338 e. The van der Waals surface area contributed by atoms with E-state index in [1.165, 1.54) is 88.7 Å². The van der Waals surface area contributed by atoms with Crippen LogP contribution in [0.15, 0.2) is 101 Å². The summed E-state index contributed by atoms with van der Waals surface area (Å²) in [5.41, 5.74) is 5.92. The van der Waals surface area contributed by atoms with E-state index in [4.69, 9.17) is 33.4 Å². The van der Waals surface area contributed by atoms with Crippen LogP contribution in [-0.2, 0) is 43.1 Å². The topological polar surface area (TPSA) is 192 Å². The monoisotopic (exact) mass is 1220 g/mol. The minimum absolute atomic E-state index is 0.0448. The van der Waals surface area contributed by atoms with Crippen LogP contribution in [0.1, 0.15) is 250 Å². The zero-order valence-corrected chi connectivity index (χ0v) is 55.6. The van der Waals surface area contributed by atoms with Crippen LogP contribution in [0.25, 0.3) is 11.0 Å². The molecule has 1 N–H and O–H groups in total. The molecule has 0 aliphatic carbocycles. The van der Waals surface area contributed by atoms with E-state index in [-0.39, 0.29) is 48.4 Å². The molecule has 15 nitrogen and oxygen atoms in total. The molecule has 15 heteroatoms. The van der Waals surface area contributed by atoms with Gasteiger partial charge in [0, 0.05) is 36.3 Å². The molecule has 0 bridgehead atoms. The van der Waals surface area contributed by atoms with Crippen molar-refractivity contribution in [3.05, 3.63) is 136 Å².